The van der Waals surface area contributed by atoms with Gasteiger partial charge in [0.1, 0.15) is 16.9 Å². The molecule has 1 heterocycles. The molecule has 0 aliphatic heterocycles. The molecule has 0 saturated heterocycles. The van der Waals surface area contributed by atoms with Crippen LogP contribution in [0.2, 0.25) is 0 Å². The van der Waals surface area contributed by atoms with Crippen molar-refractivity contribution < 1.29 is 18.7 Å². The number of rotatable bonds is 6. The second kappa shape index (κ2) is 9.30. The van der Waals surface area contributed by atoms with Crippen molar-refractivity contribution in [2.24, 2.45) is 5.10 Å². The minimum Gasteiger partial charge on any atom is -0.495 e. The predicted molar refractivity (Wildman–Crippen MR) is 138 cm³/mol. The van der Waals surface area contributed by atoms with Gasteiger partial charge in [-0.25, -0.2) is 5.43 Å². The highest BCUT2D eigenvalue weighted by atomic mass is 16.5. The lowest BCUT2D eigenvalue weighted by atomic mass is 10.1. The van der Waals surface area contributed by atoms with Gasteiger partial charge in [0, 0.05) is 28.1 Å². The second-order valence-electron chi connectivity index (χ2n) is 8.22. The average Bonchev–Trinajstić information content (AvgIpc) is 3.23. The van der Waals surface area contributed by atoms with Crippen molar-refractivity contribution in [1.29, 1.82) is 0 Å². The van der Waals surface area contributed by atoms with Crippen LogP contribution in [-0.4, -0.2) is 24.6 Å². The minimum absolute atomic E-state index is 0.000673. The van der Waals surface area contributed by atoms with E-state index in [1.165, 1.54) is 0 Å². The molecule has 0 saturated carbocycles. The van der Waals surface area contributed by atoms with Gasteiger partial charge in [-0.05, 0) is 42.0 Å². The molecule has 0 spiro atoms. The normalized spacial score (nSPS) is 11.7. The number of methoxy groups -OCH3 is 1. The smallest absolute Gasteiger partial charge is 0.271 e. The summed E-state index contributed by atoms with van der Waals surface area (Å²) in [5.41, 5.74) is 5.38. The molecule has 0 aliphatic carbocycles. The lowest BCUT2D eigenvalue weighted by Crippen LogP contribution is -2.21. The fraction of sp³-hybridized carbons (Fsp3) is 0.107. The Morgan fingerprint density at radius 2 is 1.66 bits per heavy atom. The minimum atomic E-state index is -0.340. The number of carbonyl (C=O) groups is 2. The SMILES string of the molecule is COc1cc2c(cc1NC(=O)CC(C)=NNC(=O)c1ccc3ccccc3c1)oc1ccccc12. The molecule has 7 nitrogen and oxygen atoms in total. The average molecular weight is 466 g/mol. The lowest BCUT2D eigenvalue weighted by molar-refractivity contribution is -0.115. The molecule has 1 aromatic heterocycles. The Hall–Kier alpha value is -4.65. The van der Waals surface area contributed by atoms with Crippen molar-refractivity contribution in [3.05, 3.63) is 84.4 Å². The lowest BCUT2D eigenvalue weighted by Gasteiger charge is -2.10. The summed E-state index contributed by atoms with van der Waals surface area (Å²) in [4.78, 5) is 25.2. The van der Waals surface area contributed by atoms with Crippen molar-refractivity contribution in [2.75, 3.05) is 12.4 Å². The third-order valence-electron chi connectivity index (χ3n) is 5.75. The zero-order valence-corrected chi connectivity index (χ0v) is 19.3. The van der Waals surface area contributed by atoms with Crippen LogP contribution in [0.3, 0.4) is 0 Å². The summed E-state index contributed by atoms with van der Waals surface area (Å²) >= 11 is 0. The van der Waals surface area contributed by atoms with Crippen molar-refractivity contribution in [1.82, 2.24) is 5.43 Å². The topological polar surface area (TPSA) is 92.9 Å². The molecule has 0 radical (unpaired) electrons. The van der Waals surface area contributed by atoms with E-state index in [9.17, 15) is 9.59 Å². The highest BCUT2D eigenvalue weighted by Gasteiger charge is 2.15. The van der Waals surface area contributed by atoms with Gasteiger partial charge in [-0.2, -0.15) is 5.10 Å². The quantitative estimate of drug-likeness (QED) is 0.242. The molecule has 5 aromatic rings. The summed E-state index contributed by atoms with van der Waals surface area (Å²) in [5.74, 6) is -0.107. The van der Waals surface area contributed by atoms with Gasteiger partial charge < -0.3 is 14.5 Å². The van der Waals surface area contributed by atoms with Crippen LogP contribution in [0.5, 0.6) is 5.75 Å². The molecule has 35 heavy (non-hydrogen) atoms. The van der Waals surface area contributed by atoms with Crippen LogP contribution in [0.25, 0.3) is 32.7 Å². The molecular weight excluding hydrogens is 442 g/mol. The van der Waals surface area contributed by atoms with Gasteiger partial charge in [-0.3, -0.25) is 9.59 Å². The molecular formula is C28H23N3O4. The first-order chi connectivity index (χ1) is 17.0. The van der Waals surface area contributed by atoms with Crippen LogP contribution < -0.4 is 15.5 Å². The molecule has 7 heteroatoms. The van der Waals surface area contributed by atoms with E-state index in [0.717, 1.165) is 27.1 Å². The van der Waals surface area contributed by atoms with Crippen molar-refractivity contribution in [3.63, 3.8) is 0 Å². The third kappa shape index (κ3) is 4.56. The van der Waals surface area contributed by atoms with Crippen LogP contribution >= 0.6 is 0 Å². The molecule has 0 fully saturated rings. The van der Waals surface area contributed by atoms with Crippen LogP contribution in [0.15, 0.2) is 88.4 Å². The van der Waals surface area contributed by atoms with E-state index in [-0.39, 0.29) is 18.2 Å². The van der Waals surface area contributed by atoms with Crippen LogP contribution in [0.1, 0.15) is 23.7 Å². The first-order valence-corrected chi connectivity index (χ1v) is 11.1. The highest BCUT2D eigenvalue weighted by Crippen LogP contribution is 2.36. The number of furan rings is 1. The molecule has 0 unspecified atom stereocenters. The molecule has 0 bridgehead atoms. The van der Waals surface area contributed by atoms with Crippen LogP contribution in [0, 0.1) is 0 Å². The number of hydrogen-bond donors (Lipinski definition) is 2. The Bertz CT molecular complexity index is 1620. The van der Waals surface area contributed by atoms with E-state index in [2.05, 4.69) is 15.8 Å². The van der Waals surface area contributed by atoms with Gasteiger partial charge in [0.2, 0.25) is 5.91 Å². The molecule has 5 rings (SSSR count). The Morgan fingerprint density at radius 3 is 2.49 bits per heavy atom. The Kier molecular flexibility index (Phi) is 5.89. The van der Waals surface area contributed by atoms with Crippen molar-refractivity contribution in [3.8, 4) is 5.75 Å². The first kappa shape index (κ1) is 22.2. The van der Waals surface area contributed by atoms with E-state index in [4.69, 9.17) is 9.15 Å². The molecule has 0 aliphatic rings. The Labute approximate surface area is 201 Å². The molecule has 2 amide bonds. The van der Waals surface area contributed by atoms with Gasteiger partial charge in [0.25, 0.3) is 5.91 Å². The number of fused-ring (bicyclic) bond motifs is 4. The van der Waals surface area contributed by atoms with Gasteiger partial charge in [-0.15, -0.1) is 0 Å². The van der Waals surface area contributed by atoms with Crippen LogP contribution in [-0.2, 0) is 4.79 Å². The summed E-state index contributed by atoms with van der Waals surface area (Å²) in [7, 11) is 1.55. The molecule has 174 valence electrons. The molecule has 4 aromatic carbocycles. The number of nitrogens with zero attached hydrogens (tertiary/aromatic N) is 1. The maximum Gasteiger partial charge on any atom is 0.271 e. The number of ether oxygens (including phenoxy) is 1. The van der Waals surface area contributed by atoms with Gasteiger partial charge in [0.05, 0.1) is 19.2 Å². The second-order valence-corrected chi connectivity index (χ2v) is 8.22. The van der Waals surface area contributed by atoms with Gasteiger partial charge in [-0.1, -0.05) is 48.5 Å². The number of carbonyl (C=O) groups excluding carboxylic acids is 2. The van der Waals surface area contributed by atoms with E-state index >= 15 is 0 Å². The zero-order valence-electron chi connectivity index (χ0n) is 19.3. The molecule has 0 atom stereocenters. The Morgan fingerprint density at radius 1 is 0.886 bits per heavy atom. The van der Waals surface area contributed by atoms with Crippen LogP contribution in [0.4, 0.5) is 5.69 Å². The van der Waals surface area contributed by atoms with E-state index < -0.39 is 0 Å². The number of nitrogens with one attached hydrogen (secondary N) is 2. The highest BCUT2D eigenvalue weighted by molar-refractivity contribution is 6.10. The van der Waals surface area contributed by atoms with Crippen molar-refractivity contribution in [2.45, 2.75) is 13.3 Å². The number of hydrogen-bond acceptors (Lipinski definition) is 5. The van der Waals surface area contributed by atoms with E-state index in [0.29, 0.717) is 28.3 Å². The summed E-state index contributed by atoms with van der Waals surface area (Å²) in [6, 6.07) is 24.6. The fourth-order valence-corrected chi connectivity index (χ4v) is 4.03. The first-order valence-electron chi connectivity index (χ1n) is 11.1. The number of amides is 2. The standard InChI is InChI=1S/C28H23N3O4/c1-17(30-31-28(33)20-12-11-18-7-3-4-8-19(18)14-20)13-27(32)29-23-16-25-22(15-26(23)34-2)21-9-5-6-10-24(21)35-25/h3-12,14-16H,13H2,1-2H3,(H,29,32)(H,31,33). The number of hydrazone groups is 1. The van der Waals surface area contributed by atoms with Crippen molar-refractivity contribution >= 4 is 55.9 Å². The maximum atomic E-state index is 12.7. The van der Waals surface area contributed by atoms with Gasteiger partial charge >= 0.3 is 0 Å². The number of para-hydroxylation sites is 1. The predicted octanol–water partition coefficient (Wildman–Crippen LogP) is 5.88. The van der Waals surface area contributed by atoms with E-state index in [1.54, 1.807) is 26.2 Å². The summed E-state index contributed by atoms with van der Waals surface area (Å²) < 4.78 is 11.4. The maximum absolute atomic E-state index is 12.7. The Balaban J connectivity index is 1.27. The summed E-state index contributed by atoms with van der Waals surface area (Å²) in [5, 5.41) is 10.8. The zero-order chi connectivity index (χ0) is 24.4. The summed E-state index contributed by atoms with van der Waals surface area (Å²) in [6.07, 6.45) is -0.000673. The largest absolute Gasteiger partial charge is 0.495 e. The molecule has 2 N–H and O–H groups in total. The third-order valence-corrected chi connectivity index (χ3v) is 5.75. The van der Waals surface area contributed by atoms with E-state index in [1.807, 2.05) is 66.7 Å². The van der Waals surface area contributed by atoms with Gasteiger partial charge in [0.15, 0.2) is 0 Å². The number of anilines is 1. The number of benzene rings is 4. The summed E-state index contributed by atoms with van der Waals surface area (Å²) in [6.45, 7) is 1.68. The fourth-order valence-electron chi connectivity index (χ4n) is 4.03. The monoisotopic (exact) mass is 465 g/mol.